The molecule has 0 radical (unpaired) electrons. The molecule has 0 atom stereocenters. The Bertz CT molecular complexity index is 776. The molecule has 0 unspecified atom stereocenters. The van der Waals surface area contributed by atoms with Crippen molar-refractivity contribution in [3.05, 3.63) is 53.1 Å². The number of hydrogen-bond donors (Lipinski definition) is 1. The number of halogens is 1. The van der Waals surface area contributed by atoms with Crippen LogP contribution >= 0.6 is 11.6 Å². The van der Waals surface area contributed by atoms with E-state index in [9.17, 15) is 9.59 Å². The zero-order chi connectivity index (χ0) is 19.6. The van der Waals surface area contributed by atoms with E-state index in [-0.39, 0.29) is 23.1 Å². The molecule has 0 fully saturated rings. The number of nitrogens with one attached hydrogen (secondary N) is 1. The van der Waals surface area contributed by atoms with Crippen LogP contribution in [0.15, 0.2) is 42.5 Å². The Morgan fingerprint density at radius 3 is 2.41 bits per heavy atom. The second kappa shape index (κ2) is 10.4. The molecular formula is C20H22ClNO5. The van der Waals surface area contributed by atoms with Gasteiger partial charge >= 0.3 is 5.97 Å². The summed E-state index contributed by atoms with van der Waals surface area (Å²) >= 11 is 6.08. The van der Waals surface area contributed by atoms with Gasteiger partial charge in [0.2, 0.25) is 5.91 Å². The highest BCUT2D eigenvalue weighted by atomic mass is 35.5. The van der Waals surface area contributed by atoms with Gasteiger partial charge in [-0.3, -0.25) is 4.79 Å². The molecule has 0 bridgehead atoms. The second-order valence-electron chi connectivity index (χ2n) is 5.59. The fourth-order valence-corrected chi connectivity index (χ4v) is 2.54. The second-order valence-corrected chi connectivity index (χ2v) is 6.00. The Kier molecular flexibility index (Phi) is 7.95. The molecule has 144 valence electrons. The van der Waals surface area contributed by atoms with Crippen LogP contribution < -0.4 is 14.8 Å². The lowest BCUT2D eigenvalue weighted by molar-refractivity contribution is -0.116. The highest BCUT2D eigenvalue weighted by molar-refractivity contribution is 6.34. The first-order valence-electron chi connectivity index (χ1n) is 8.57. The van der Waals surface area contributed by atoms with Crippen molar-refractivity contribution in [2.75, 3.05) is 25.6 Å². The van der Waals surface area contributed by atoms with E-state index in [1.807, 2.05) is 24.3 Å². The third-order valence-electron chi connectivity index (χ3n) is 3.62. The van der Waals surface area contributed by atoms with E-state index in [0.717, 1.165) is 11.5 Å². The minimum Gasteiger partial charge on any atom is -0.497 e. The zero-order valence-corrected chi connectivity index (χ0v) is 16.0. The number of esters is 1. The van der Waals surface area contributed by atoms with Gasteiger partial charge in [0.05, 0.1) is 30.9 Å². The van der Waals surface area contributed by atoms with E-state index in [1.165, 1.54) is 12.1 Å². The molecule has 0 saturated heterocycles. The number of benzene rings is 2. The lowest BCUT2D eigenvalue weighted by Gasteiger charge is -2.09. The lowest BCUT2D eigenvalue weighted by atomic mass is 10.2. The number of hydrogen-bond acceptors (Lipinski definition) is 5. The number of anilines is 1. The number of carbonyl (C=O) groups excluding carboxylic acids is 2. The Morgan fingerprint density at radius 1 is 1.07 bits per heavy atom. The number of carbonyl (C=O) groups is 2. The molecule has 27 heavy (non-hydrogen) atoms. The molecule has 6 nitrogen and oxygen atoms in total. The summed E-state index contributed by atoms with van der Waals surface area (Å²) in [5.41, 5.74) is 0.790. The topological polar surface area (TPSA) is 73.9 Å². The normalized spacial score (nSPS) is 10.2. The maximum Gasteiger partial charge on any atom is 0.339 e. The molecule has 1 amide bonds. The molecule has 2 aromatic carbocycles. The lowest BCUT2D eigenvalue weighted by Crippen LogP contribution is -2.13. The van der Waals surface area contributed by atoms with Gasteiger partial charge in [-0.15, -0.1) is 0 Å². The molecule has 7 heteroatoms. The summed E-state index contributed by atoms with van der Waals surface area (Å²) in [5, 5.41) is 2.98. The predicted molar refractivity (Wildman–Crippen MR) is 104 cm³/mol. The van der Waals surface area contributed by atoms with Crippen LogP contribution in [0.3, 0.4) is 0 Å². The number of rotatable bonds is 9. The summed E-state index contributed by atoms with van der Waals surface area (Å²) in [5.74, 6) is 0.830. The quantitative estimate of drug-likeness (QED) is 0.509. The van der Waals surface area contributed by atoms with Crippen LogP contribution in [0.25, 0.3) is 0 Å². The molecular weight excluding hydrogens is 370 g/mol. The average molecular weight is 392 g/mol. The minimum absolute atomic E-state index is 0.159. The first-order chi connectivity index (χ1) is 13.0. The highest BCUT2D eigenvalue weighted by Crippen LogP contribution is 2.22. The summed E-state index contributed by atoms with van der Waals surface area (Å²) in [6.45, 7) is 2.41. The summed E-state index contributed by atoms with van der Waals surface area (Å²) in [6.07, 6.45) is 0.861. The van der Waals surface area contributed by atoms with E-state index in [1.54, 1.807) is 20.1 Å². The predicted octanol–water partition coefficient (Wildman–Crippen LogP) is 4.32. The minimum atomic E-state index is -0.490. The first-order valence-corrected chi connectivity index (χ1v) is 8.94. The summed E-state index contributed by atoms with van der Waals surface area (Å²) in [4.78, 5) is 23.7. The van der Waals surface area contributed by atoms with Crippen molar-refractivity contribution in [2.45, 2.75) is 19.8 Å². The molecule has 0 aliphatic carbocycles. The van der Waals surface area contributed by atoms with Gasteiger partial charge in [-0.1, -0.05) is 11.6 Å². The van der Waals surface area contributed by atoms with Crippen molar-refractivity contribution in [1.82, 2.24) is 0 Å². The van der Waals surface area contributed by atoms with Crippen molar-refractivity contribution in [3.8, 4) is 11.5 Å². The first kappa shape index (κ1) is 20.6. The monoisotopic (exact) mass is 391 g/mol. The van der Waals surface area contributed by atoms with Crippen LogP contribution in [-0.4, -0.2) is 32.2 Å². The molecule has 2 aromatic rings. The van der Waals surface area contributed by atoms with E-state index in [0.29, 0.717) is 25.1 Å². The molecule has 0 saturated carbocycles. The maximum absolute atomic E-state index is 12.0. The van der Waals surface area contributed by atoms with Crippen LogP contribution in [0.1, 0.15) is 30.1 Å². The third kappa shape index (κ3) is 6.49. The van der Waals surface area contributed by atoms with Gasteiger partial charge < -0.3 is 19.5 Å². The molecule has 0 aromatic heterocycles. The summed E-state index contributed by atoms with van der Waals surface area (Å²) in [6, 6.07) is 11.9. The van der Waals surface area contributed by atoms with Gasteiger partial charge in [-0.05, 0) is 55.8 Å². The van der Waals surface area contributed by atoms with Crippen molar-refractivity contribution in [3.63, 3.8) is 0 Å². The Hall–Kier alpha value is -2.73. The standard InChI is InChI=1S/C20H22ClNO5/c1-3-26-20(24)17-11-6-14(13-18(17)21)22-19(23)5-4-12-27-16-9-7-15(25-2)8-10-16/h6-11,13H,3-5,12H2,1-2H3,(H,22,23). The van der Waals surface area contributed by atoms with Crippen LogP contribution in [0.5, 0.6) is 11.5 Å². The van der Waals surface area contributed by atoms with Crippen LogP contribution in [-0.2, 0) is 9.53 Å². The molecule has 2 rings (SSSR count). The SMILES string of the molecule is CCOC(=O)c1ccc(NC(=O)CCCOc2ccc(OC)cc2)cc1Cl. The number of amides is 1. The smallest absolute Gasteiger partial charge is 0.339 e. The Morgan fingerprint density at radius 2 is 1.78 bits per heavy atom. The Balaban J connectivity index is 1.76. The fraction of sp³-hybridized carbons (Fsp3) is 0.300. The van der Waals surface area contributed by atoms with Crippen molar-refractivity contribution < 1.29 is 23.8 Å². The Labute approximate surface area is 163 Å². The molecule has 0 spiro atoms. The van der Waals surface area contributed by atoms with Gasteiger partial charge in [-0.25, -0.2) is 4.79 Å². The largest absolute Gasteiger partial charge is 0.497 e. The summed E-state index contributed by atoms with van der Waals surface area (Å²) < 4.78 is 15.6. The van der Waals surface area contributed by atoms with E-state index < -0.39 is 5.97 Å². The third-order valence-corrected chi connectivity index (χ3v) is 3.94. The van der Waals surface area contributed by atoms with Crippen molar-refractivity contribution in [1.29, 1.82) is 0 Å². The molecule has 0 aliphatic heterocycles. The van der Waals surface area contributed by atoms with Gasteiger partial charge in [-0.2, -0.15) is 0 Å². The zero-order valence-electron chi connectivity index (χ0n) is 15.3. The van der Waals surface area contributed by atoms with Crippen LogP contribution in [0, 0.1) is 0 Å². The van der Waals surface area contributed by atoms with E-state index in [2.05, 4.69) is 5.32 Å². The fourth-order valence-electron chi connectivity index (χ4n) is 2.29. The van der Waals surface area contributed by atoms with Gasteiger partial charge in [0.15, 0.2) is 0 Å². The van der Waals surface area contributed by atoms with Gasteiger partial charge in [0.1, 0.15) is 11.5 Å². The molecule has 0 heterocycles. The molecule has 1 N–H and O–H groups in total. The highest BCUT2D eigenvalue weighted by Gasteiger charge is 2.12. The average Bonchev–Trinajstić information content (AvgIpc) is 2.66. The molecule has 0 aliphatic rings. The van der Waals surface area contributed by atoms with Crippen LogP contribution in [0.4, 0.5) is 5.69 Å². The van der Waals surface area contributed by atoms with Crippen molar-refractivity contribution >= 4 is 29.2 Å². The maximum atomic E-state index is 12.0. The van der Waals surface area contributed by atoms with Gasteiger partial charge in [0.25, 0.3) is 0 Å². The number of ether oxygens (including phenoxy) is 3. The summed E-state index contributed by atoms with van der Waals surface area (Å²) in [7, 11) is 1.60. The number of methoxy groups -OCH3 is 1. The van der Waals surface area contributed by atoms with E-state index in [4.69, 9.17) is 25.8 Å². The van der Waals surface area contributed by atoms with Gasteiger partial charge in [0, 0.05) is 12.1 Å². The van der Waals surface area contributed by atoms with Crippen LogP contribution in [0.2, 0.25) is 5.02 Å². The van der Waals surface area contributed by atoms with E-state index >= 15 is 0 Å². The van der Waals surface area contributed by atoms with Crippen molar-refractivity contribution in [2.24, 2.45) is 0 Å².